The fourth-order valence-corrected chi connectivity index (χ4v) is 3.97. The molecule has 4 aromatic rings. The molecule has 0 aliphatic heterocycles. The first-order chi connectivity index (χ1) is 18.1. The van der Waals surface area contributed by atoms with Crippen LogP contribution in [0.3, 0.4) is 0 Å². The Labute approximate surface area is 221 Å². The number of likely N-dealkylation sites (N-methyl/N-ethyl adjacent to an activating group) is 2. The van der Waals surface area contributed by atoms with Crippen molar-refractivity contribution in [2.45, 2.75) is 12.8 Å². The van der Waals surface area contributed by atoms with Gasteiger partial charge in [0.1, 0.15) is 17.4 Å². The maximum Gasteiger partial charge on any atom is 0.319 e. The molecule has 0 aliphatic rings. The molecule has 2 N–H and O–H groups in total. The summed E-state index contributed by atoms with van der Waals surface area (Å²) in [5.74, 6) is -2.88. The van der Waals surface area contributed by atoms with Crippen molar-refractivity contribution in [1.82, 2.24) is 35.0 Å². The van der Waals surface area contributed by atoms with Gasteiger partial charge in [0.05, 0.1) is 6.20 Å². The maximum atomic E-state index is 13.8. The predicted octanol–water partition coefficient (Wildman–Crippen LogP) is 3.85. The Morgan fingerprint density at radius 2 is 1.95 bits per heavy atom. The van der Waals surface area contributed by atoms with E-state index in [-0.39, 0.29) is 10.7 Å². The van der Waals surface area contributed by atoms with E-state index in [1.807, 2.05) is 33.0 Å². The van der Waals surface area contributed by atoms with Gasteiger partial charge in [0, 0.05) is 31.4 Å². The molecule has 198 valence electrons. The van der Waals surface area contributed by atoms with Crippen LogP contribution in [0.5, 0.6) is 0 Å². The quantitative estimate of drug-likeness (QED) is 0.287. The van der Waals surface area contributed by atoms with Crippen LogP contribution in [0.15, 0.2) is 43.4 Å². The van der Waals surface area contributed by atoms with Gasteiger partial charge in [-0.2, -0.15) is 8.78 Å². The highest BCUT2D eigenvalue weighted by atomic mass is 32.1. The molecule has 0 saturated heterocycles. The summed E-state index contributed by atoms with van der Waals surface area (Å²) in [6, 6.07) is 5.01. The van der Waals surface area contributed by atoms with Crippen LogP contribution in [0.2, 0.25) is 0 Å². The van der Waals surface area contributed by atoms with Crippen LogP contribution in [0.1, 0.15) is 20.9 Å². The van der Waals surface area contributed by atoms with E-state index in [1.165, 1.54) is 6.33 Å². The van der Waals surface area contributed by atoms with Gasteiger partial charge in [0.15, 0.2) is 10.8 Å². The minimum Gasteiger partial charge on any atom is -0.343 e. The molecular weight excluding hydrogens is 514 g/mol. The van der Waals surface area contributed by atoms with Crippen molar-refractivity contribution in [3.05, 3.63) is 59.5 Å². The number of alkyl halides is 2. The molecule has 0 saturated carbocycles. The first-order valence-electron chi connectivity index (χ1n) is 11.5. The monoisotopic (exact) mass is 540 g/mol. The van der Waals surface area contributed by atoms with E-state index in [9.17, 15) is 13.6 Å². The van der Waals surface area contributed by atoms with E-state index in [1.54, 1.807) is 24.4 Å². The molecule has 1 amide bonds. The summed E-state index contributed by atoms with van der Waals surface area (Å²) in [6.45, 7) is 6.53. The Morgan fingerprint density at radius 1 is 1.16 bits per heavy atom. The molecule has 11 nitrogen and oxygen atoms in total. The molecule has 3 aromatic heterocycles. The van der Waals surface area contributed by atoms with Crippen molar-refractivity contribution in [2.75, 3.05) is 49.8 Å². The van der Waals surface area contributed by atoms with Crippen LogP contribution in [0.25, 0.3) is 11.0 Å². The Balaban J connectivity index is 1.57. The Bertz CT molecular complexity index is 1480. The summed E-state index contributed by atoms with van der Waals surface area (Å²) < 4.78 is 27.5. The second-order valence-electron chi connectivity index (χ2n) is 8.70. The number of rotatable bonds is 10. The summed E-state index contributed by atoms with van der Waals surface area (Å²) in [5.41, 5.74) is 2.81. The number of benzene rings is 1. The zero-order valence-electron chi connectivity index (χ0n) is 21.2. The van der Waals surface area contributed by atoms with Crippen LogP contribution in [0, 0.1) is 6.92 Å². The standard InChI is InChI=1S/C24H26F2N10OS/c1-6-24(25,26)21-33-34-23(38-21)32-20(37)15-8-7-14(2)16(11-15)30-19-18-17(28-13-29-19)12-27-22(31-18)36(5)10-9-35(3)4/h6-8,11-13H,1,9-10H2,2-5H3,(H,28,29,30)(H,32,34,37). The number of halogens is 2. The van der Waals surface area contributed by atoms with Crippen LogP contribution < -0.4 is 15.5 Å². The lowest BCUT2D eigenvalue weighted by Gasteiger charge is -2.20. The molecular formula is C24H26F2N10OS. The third kappa shape index (κ3) is 6.03. The number of fused-ring (bicyclic) bond motifs is 1. The second-order valence-corrected chi connectivity index (χ2v) is 9.68. The van der Waals surface area contributed by atoms with Crippen LogP contribution in [-0.4, -0.2) is 75.2 Å². The predicted molar refractivity (Wildman–Crippen MR) is 143 cm³/mol. The Hall–Kier alpha value is -4.17. The Morgan fingerprint density at radius 3 is 2.68 bits per heavy atom. The normalized spacial score (nSPS) is 11.6. The number of carbonyl (C=O) groups is 1. The van der Waals surface area contributed by atoms with Crippen LogP contribution >= 0.6 is 11.3 Å². The lowest BCUT2D eigenvalue weighted by molar-refractivity contribution is 0.0515. The lowest BCUT2D eigenvalue weighted by atomic mass is 10.1. The number of aryl methyl sites for hydroxylation is 1. The van der Waals surface area contributed by atoms with E-state index in [4.69, 9.17) is 0 Å². The summed E-state index contributed by atoms with van der Waals surface area (Å²) in [5, 5.41) is 12.2. The highest BCUT2D eigenvalue weighted by Crippen LogP contribution is 2.33. The topological polar surface area (TPSA) is 125 Å². The van der Waals surface area contributed by atoms with Gasteiger partial charge < -0.3 is 15.1 Å². The number of nitrogens with zero attached hydrogens (tertiary/aromatic N) is 8. The third-order valence-electron chi connectivity index (χ3n) is 5.53. The first kappa shape index (κ1) is 26.9. The van der Waals surface area contributed by atoms with Gasteiger partial charge in [-0.25, -0.2) is 19.9 Å². The second kappa shape index (κ2) is 11.1. The van der Waals surface area contributed by atoms with E-state index in [0.717, 1.165) is 18.7 Å². The number of carbonyl (C=O) groups excluding carboxylic acids is 1. The molecule has 4 rings (SSSR count). The molecule has 3 heterocycles. The van der Waals surface area contributed by atoms with Crippen molar-refractivity contribution in [3.63, 3.8) is 0 Å². The average molecular weight is 541 g/mol. The number of anilines is 4. The number of hydrogen-bond acceptors (Lipinski definition) is 11. The van der Waals surface area contributed by atoms with Gasteiger partial charge in [0.25, 0.3) is 5.91 Å². The van der Waals surface area contributed by atoms with Crippen molar-refractivity contribution in [1.29, 1.82) is 0 Å². The van der Waals surface area contributed by atoms with Crippen LogP contribution in [0.4, 0.5) is 31.4 Å². The van der Waals surface area contributed by atoms with Gasteiger partial charge in [0.2, 0.25) is 11.1 Å². The molecule has 0 unspecified atom stereocenters. The first-order valence-corrected chi connectivity index (χ1v) is 12.3. The molecule has 38 heavy (non-hydrogen) atoms. The van der Waals surface area contributed by atoms with Crippen molar-refractivity contribution in [2.24, 2.45) is 0 Å². The van der Waals surface area contributed by atoms with Crippen molar-refractivity contribution < 1.29 is 13.6 Å². The number of amides is 1. The molecule has 0 spiro atoms. The number of allylic oxidation sites excluding steroid dienone is 1. The van der Waals surface area contributed by atoms with Gasteiger partial charge in [-0.15, -0.1) is 10.2 Å². The number of aromatic nitrogens is 6. The van der Waals surface area contributed by atoms with Crippen LogP contribution in [-0.2, 0) is 5.92 Å². The summed E-state index contributed by atoms with van der Waals surface area (Å²) in [6.07, 6.45) is 3.52. The van der Waals surface area contributed by atoms with Crippen molar-refractivity contribution >= 4 is 50.9 Å². The SMILES string of the molecule is C=CC(F)(F)c1nnc(NC(=O)c2ccc(C)c(Nc3ncnc4cnc(N(C)CCN(C)C)nc34)c2)s1. The van der Waals surface area contributed by atoms with Gasteiger partial charge in [-0.3, -0.25) is 10.1 Å². The van der Waals surface area contributed by atoms with E-state index in [2.05, 4.69) is 52.2 Å². The third-order valence-corrected chi connectivity index (χ3v) is 6.45. The van der Waals surface area contributed by atoms with E-state index >= 15 is 0 Å². The zero-order chi connectivity index (χ0) is 27.4. The summed E-state index contributed by atoms with van der Waals surface area (Å²) >= 11 is 0.578. The summed E-state index contributed by atoms with van der Waals surface area (Å²) in [4.78, 5) is 34.5. The maximum absolute atomic E-state index is 13.8. The van der Waals surface area contributed by atoms with Gasteiger partial charge in [-0.1, -0.05) is 24.0 Å². The molecule has 1 aromatic carbocycles. The highest BCUT2D eigenvalue weighted by Gasteiger charge is 2.32. The lowest BCUT2D eigenvalue weighted by Crippen LogP contribution is -2.29. The van der Waals surface area contributed by atoms with E-state index in [0.29, 0.717) is 45.9 Å². The minimum absolute atomic E-state index is 0.0500. The molecule has 14 heteroatoms. The number of hydrogen-bond donors (Lipinski definition) is 2. The Kier molecular flexibility index (Phi) is 7.83. The molecule has 0 fully saturated rings. The fourth-order valence-electron chi connectivity index (χ4n) is 3.26. The van der Waals surface area contributed by atoms with E-state index < -0.39 is 16.8 Å². The van der Waals surface area contributed by atoms with Crippen molar-refractivity contribution in [3.8, 4) is 0 Å². The smallest absolute Gasteiger partial charge is 0.319 e. The average Bonchev–Trinajstić information content (AvgIpc) is 3.37. The highest BCUT2D eigenvalue weighted by molar-refractivity contribution is 7.15. The minimum atomic E-state index is -3.33. The molecule has 0 radical (unpaired) electrons. The molecule has 0 aliphatic carbocycles. The molecule has 0 bridgehead atoms. The largest absolute Gasteiger partial charge is 0.343 e. The molecule has 0 atom stereocenters. The summed E-state index contributed by atoms with van der Waals surface area (Å²) in [7, 11) is 5.90. The fraction of sp³-hybridized carbons (Fsp3) is 0.292. The zero-order valence-corrected chi connectivity index (χ0v) is 22.1. The van der Waals surface area contributed by atoms with Gasteiger partial charge in [-0.05, 0) is 44.8 Å². The number of nitrogens with one attached hydrogen (secondary N) is 2. The van der Waals surface area contributed by atoms with Gasteiger partial charge >= 0.3 is 5.92 Å².